The van der Waals surface area contributed by atoms with E-state index < -0.39 is 0 Å². The Morgan fingerprint density at radius 2 is 1.88 bits per heavy atom. The minimum atomic E-state index is 0.546. The molecule has 0 unspecified atom stereocenters. The second-order valence-corrected chi connectivity index (χ2v) is 3.66. The molecule has 0 aliphatic carbocycles. The maximum Gasteiger partial charge on any atom is 0.150 e. The second-order valence-electron chi connectivity index (χ2n) is 3.66. The van der Waals surface area contributed by atoms with Gasteiger partial charge in [-0.2, -0.15) is 0 Å². The van der Waals surface area contributed by atoms with Gasteiger partial charge >= 0.3 is 0 Å². The Labute approximate surface area is 99.2 Å². The molecule has 0 spiro atoms. The molecule has 4 nitrogen and oxygen atoms in total. The van der Waals surface area contributed by atoms with Gasteiger partial charge in [-0.25, -0.2) is 4.98 Å². The molecular weight excluding hydrogens is 218 g/mol. The maximum absolute atomic E-state index is 11.0. The van der Waals surface area contributed by atoms with Crippen molar-refractivity contribution in [2.75, 3.05) is 14.2 Å². The van der Waals surface area contributed by atoms with Crippen LogP contribution >= 0.6 is 0 Å². The number of aryl methyl sites for hydroxylation is 1. The Balaban J connectivity index is 2.94. The summed E-state index contributed by atoms with van der Waals surface area (Å²) in [6, 6.07) is 5.24. The molecule has 0 atom stereocenters. The van der Waals surface area contributed by atoms with Gasteiger partial charge in [0.1, 0.15) is 17.0 Å². The maximum atomic E-state index is 11.0. The lowest BCUT2D eigenvalue weighted by Crippen LogP contribution is -1.96. The first-order chi connectivity index (χ1) is 8.21. The molecule has 0 saturated heterocycles. The SMILES string of the molecule is COc1ccc(C=O)c2c(OC)cc(C)nc12. The lowest BCUT2D eigenvalue weighted by Gasteiger charge is -2.11. The first-order valence-corrected chi connectivity index (χ1v) is 5.18. The largest absolute Gasteiger partial charge is 0.496 e. The molecule has 1 aromatic heterocycles. The van der Waals surface area contributed by atoms with E-state index in [1.807, 2.05) is 6.92 Å². The van der Waals surface area contributed by atoms with E-state index >= 15 is 0 Å². The minimum Gasteiger partial charge on any atom is -0.496 e. The quantitative estimate of drug-likeness (QED) is 0.761. The van der Waals surface area contributed by atoms with Crippen LogP contribution in [-0.4, -0.2) is 25.5 Å². The Kier molecular flexibility index (Phi) is 2.95. The van der Waals surface area contributed by atoms with Gasteiger partial charge in [-0.1, -0.05) is 0 Å². The lowest BCUT2D eigenvalue weighted by atomic mass is 10.1. The molecule has 2 aromatic rings. The smallest absolute Gasteiger partial charge is 0.150 e. The van der Waals surface area contributed by atoms with Crippen LogP contribution in [0.25, 0.3) is 10.9 Å². The third-order valence-corrected chi connectivity index (χ3v) is 2.61. The van der Waals surface area contributed by atoms with Crippen molar-refractivity contribution < 1.29 is 14.3 Å². The van der Waals surface area contributed by atoms with Gasteiger partial charge in [0, 0.05) is 17.3 Å². The molecule has 4 heteroatoms. The molecule has 0 amide bonds. The summed E-state index contributed by atoms with van der Waals surface area (Å²) in [4.78, 5) is 15.4. The number of benzene rings is 1. The number of ether oxygens (including phenoxy) is 2. The molecule has 0 bridgehead atoms. The molecule has 0 N–H and O–H groups in total. The van der Waals surface area contributed by atoms with Crippen LogP contribution in [-0.2, 0) is 0 Å². The van der Waals surface area contributed by atoms with Gasteiger partial charge in [0.05, 0.1) is 19.6 Å². The van der Waals surface area contributed by atoms with Crippen LogP contribution < -0.4 is 9.47 Å². The van der Waals surface area contributed by atoms with Gasteiger partial charge in [-0.15, -0.1) is 0 Å². The molecule has 2 rings (SSSR count). The molecule has 17 heavy (non-hydrogen) atoms. The monoisotopic (exact) mass is 231 g/mol. The number of methoxy groups -OCH3 is 2. The summed E-state index contributed by atoms with van der Waals surface area (Å²) in [7, 11) is 3.15. The number of hydrogen-bond acceptors (Lipinski definition) is 4. The van der Waals surface area contributed by atoms with E-state index in [0.29, 0.717) is 28.0 Å². The van der Waals surface area contributed by atoms with E-state index in [9.17, 15) is 4.79 Å². The first-order valence-electron chi connectivity index (χ1n) is 5.18. The number of carbonyl (C=O) groups is 1. The summed E-state index contributed by atoms with van der Waals surface area (Å²) < 4.78 is 10.5. The van der Waals surface area contributed by atoms with Crippen LogP contribution in [0.1, 0.15) is 16.1 Å². The van der Waals surface area contributed by atoms with Crippen LogP contribution in [0, 0.1) is 6.92 Å². The van der Waals surface area contributed by atoms with E-state index in [1.54, 1.807) is 32.4 Å². The fourth-order valence-corrected chi connectivity index (χ4v) is 1.85. The van der Waals surface area contributed by atoms with Gasteiger partial charge < -0.3 is 9.47 Å². The van der Waals surface area contributed by atoms with E-state index in [4.69, 9.17) is 9.47 Å². The fourth-order valence-electron chi connectivity index (χ4n) is 1.85. The number of rotatable bonds is 3. The Hall–Kier alpha value is -2.10. The van der Waals surface area contributed by atoms with Crippen molar-refractivity contribution in [1.82, 2.24) is 4.98 Å². The summed E-state index contributed by atoms with van der Waals surface area (Å²) in [5.41, 5.74) is 2.01. The standard InChI is InChI=1S/C13H13NO3/c1-8-6-11(17-3)12-9(7-15)4-5-10(16-2)13(12)14-8/h4-7H,1-3H3. The number of carbonyl (C=O) groups excluding carboxylic acids is 1. The van der Waals surface area contributed by atoms with Gasteiger partial charge in [-0.05, 0) is 19.1 Å². The van der Waals surface area contributed by atoms with E-state index in [1.165, 1.54) is 0 Å². The number of hydrogen-bond donors (Lipinski definition) is 0. The molecule has 1 heterocycles. The number of aldehydes is 1. The zero-order chi connectivity index (χ0) is 12.4. The molecule has 1 aromatic carbocycles. The highest BCUT2D eigenvalue weighted by Crippen LogP contribution is 2.33. The summed E-state index contributed by atoms with van der Waals surface area (Å²) >= 11 is 0. The summed E-state index contributed by atoms with van der Waals surface area (Å²) in [6.07, 6.45) is 0.793. The molecule has 88 valence electrons. The van der Waals surface area contributed by atoms with Crippen molar-refractivity contribution in [3.8, 4) is 11.5 Å². The molecule has 0 aliphatic heterocycles. The third kappa shape index (κ3) is 1.82. The number of fused-ring (bicyclic) bond motifs is 1. The van der Waals surface area contributed by atoms with Crippen molar-refractivity contribution in [3.05, 3.63) is 29.5 Å². The van der Waals surface area contributed by atoms with E-state index in [0.717, 1.165) is 12.0 Å². The highest BCUT2D eigenvalue weighted by Gasteiger charge is 2.13. The molecular formula is C13H13NO3. The van der Waals surface area contributed by atoms with Gasteiger partial charge in [0.2, 0.25) is 0 Å². The third-order valence-electron chi connectivity index (χ3n) is 2.61. The zero-order valence-corrected chi connectivity index (χ0v) is 9.98. The van der Waals surface area contributed by atoms with Crippen LogP contribution in [0.2, 0.25) is 0 Å². The average molecular weight is 231 g/mol. The van der Waals surface area contributed by atoms with Crippen molar-refractivity contribution in [2.24, 2.45) is 0 Å². The number of aromatic nitrogens is 1. The average Bonchev–Trinajstić information content (AvgIpc) is 2.36. The van der Waals surface area contributed by atoms with Crippen molar-refractivity contribution in [2.45, 2.75) is 6.92 Å². The van der Waals surface area contributed by atoms with Crippen LogP contribution in [0.3, 0.4) is 0 Å². The topological polar surface area (TPSA) is 48.4 Å². The van der Waals surface area contributed by atoms with Crippen molar-refractivity contribution in [3.63, 3.8) is 0 Å². The highest BCUT2D eigenvalue weighted by atomic mass is 16.5. The number of nitrogens with zero attached hydrogens (tertiary/aromatic N) is 1. The molecule has 0 fully saturated rings. The molecule has 0 saturated carbocycles. The van der Waals surface area contributed by atoms with E-state index in [2.05, 4.69) is 4.98 Å². The van der Waals surface area contributed by atoms with Crippen LogP contribution in [0.4, 0.5) is 0 Å². The zero-order valence-electron chi connectivity index (χ0n) is 9.98. The normalized spacial score (nSPS) is 10.3. The van der Waals surface area contributed by atoms with E-state index in [-0.39, 0.29) is 0 Å². The second kappa shape index (κ2) is 4.41. The minimum absolute atomic E-state index is 0.546. The first kappa shape index (κ1) is 11.4. The molecule has 0 aliphatic rings. The Morgan fingerprint density at radius 3 is 2.47 bits per heavy atom. The van der Waals surface area contributed by atoms with Gasteiger partial charge in [-0.3, -0.25) is 4.79 Å². The summed E-state index contributed by atoms with van der Waals surface area (Å²) in [6.45, 7) is 1.87. The van der Waals surface area contributed by atoms with Crippen molar-refractivity contribution in [1.29, 1.82) is 0 Å². The van der Waals surface area contributed by atoms with Crippen molar-refractivity contribution >= 4 is 17.2 Å². The van der Waals surface area contributed by atoms with Gasteiger partial charge in [0.15, 0.2) is 6.29 Å². The summed E-state index contributed by atoms with van der Waals surface area (Å²) in [5.74, 6) is 1.26. The predicted octanol–water partition coefficient (Wildman–Crippen LogP) is 2.37. The van der Waals surface area contributed by atoms with Crippen LogP contribution in [0.5, 0.6) is 11.5 Å². The Morgan fingerprint density at radius 1 is 1.18 bits per heavy atom. The Bertz CT molecular complexity index is 578. The van der Waals surface area contributed by atoms with Crippen LogP contribution in [0.15, 0.2) is 18.2 Å². The lowest BCUT2D eigenvalue weighted by molar-refractivity contribution is 0.112. The van der Waals surface area contributed by atoms with Gasteiger partial charge in [0.25, 0.3) is 0 Å². The highest BCUT2D eigenvalue weighted by molar-refractivity contribution is 6.02. The fraction of sp³-hybridized carbons (Fsp3) is 0.231. The molecule has 0 radical (unpaired) electrons. The number of pyridine rings is 1. The predicted molar refractivity (Wildman–Crippen MR) is 65.0 cm³/mol. The summed E-state index contributed by atoms with van der Waals surface area (Å²) in [5, 5.41) is 0.687.